The summed E-state index contributed by atoms with van der Waals surface area (Å²) in [5.41, 5.74) is 4.64. The second-order valence-electron chi connectivity index (χ2n) is 7.71. The summed E-state index contributed by atoms with van der Waals surface area (Å²) in [6.07, 6.45) is 1.93. The highest BCUT2D eigenvalue weighted by atomic mass is 16.6. The maximum absolute atomic E-state index is 13.3. The van der Waals surface area contributed by atoms with Gasteiger partial charge in [-0.05, 0) is 43.4 Å². The summed E-state index contributed by atoms with van der Waals surface area (Å²) >= 11 is 0. The van der Waals surface area contributed by atoms with Crippen molar-refractivity contribution in [2.45, 2.75) is 45.4 Å². The molecule has 0 saturated carbocycles. The first-order chi connectivity index (χ1) is 13.9. The van der Waals surface area contributed by atoms with Crippen LogP contribution in [0, 0.1) is 24.0 Å². The number of anilines is 1. The molecule has 1 heterocycles. The predicted octanol–water partition coefficient (Wildman–Crippen LogP) is 4.74. The SMILES string of the molecule is Cc1ccccc1C1CC(=O)N(c2cc([N+](=O)[O-])ccc2C)C2=C1C(=O)CCC2. The number of carbonyl (C=O) groups excluding carboxylic acids is 2. The summed E-state index contributed by atoms with van der Waals surface area (Å²) in [5, 5.41) is 11.3. The number of non-ortho nitro benzene ring substituents is 1. The minimum absolute atomic E-state index is 0.0660. The van der Waals surface area contributed by atoms with Gasteiger partial charge in [-0.25, -0.2) is 0 Å². The maximum atomic E-state index is 13.3. The molecule has 148 valence electrons. The molecule has 0 fully saturated rings. The van der Waals surface area contributed by atoms with E-state index < -0.39 is 4.92 Å². The number of hydrogen-bond donors (Lipinski definition) is 0. The van der Waals surface area contributed by atoms with Crippen LogP contribution in [0.3, 0.4) is 0 Å². The molecule has 0 spiro atoms. The third-order valence-corrected chi connectivity index (χ3v) is 5.88. The van der Waals surface area contributed by atoms with Crippen LogP contribution in [-0.4, -0.2) is 16.6 Å². The molecule has 0 aromatic heterocycles. The average molecular weight is 390 g/mol. The molecule has 1 atom stereocenters. The monoisotopic (exact) mass is 390 g/mol. The van der Waals surface area contributed by atoms with Crippen LogP contribution in [0.25, 0.3) is 0 Å². The molecule has 0 bridgehead atoms. The van der Waals surface area contributed by atoms with Gasteiger partial charge in [-0.15, -0.1) is 0 Å². The van der Waals surface area contributed by atoms with Crippen molar-refractivity contribution in [3.8, 4) is 0 Å². The predicted molar refractivity (Wildman–Crippen MR) is 110 cm³/mol. The molecule has 0 radical (unpaired) electrons. The van der Waals surface area contributed by atoms with Crippen molar-refractivity contribution in [1.29, 1.82) is 0 Å². The lowest BCUT2D eigenvalue weighted by atomic mass is 9.76. The fraction of sp³-hybridized carbons (Fsp3) is 0.304. The summed E-state index contributed by atoms with van der Waals surface area (Å²) in [7, 11) is 0. The lowest BCUT2D eigenvalue weighted by molar-refractivity contribution is -0.384. The highest BCUT2D eigenvalue weighted by molar-refractivity contribution is 6.08. The number of Topliss-reactive ketones (excluding diaryl/α,β-unsaturated/α-hetero) is 1. The van der Waals surface area contributed by atoms with E-state index in [0.717, 1.165) is 16.7 Å². The van der Waals surface area contributed by atoms with E-state index in [1.807, 2.05) is 38.1 Å². The normalized spacial score (nSPS) is 19.4. The molecule has 2 aromatic rings. The van der Waals surface area contributed by atoms with Gasteiger partial charge < -0.3 is 0 Å². The Morgan fingerprint density at radius 3 is 2.52 bits per heavy atom. The van der Waals surface area contributed by atoms with Crippen molar-refractivity contribution in [3.63, 3.8) is 0 Å². The van der Waals surface area contributed by atoms with Crippen LogP contribution in [0.4, 0.5) is 11.4 Å². The summed E-state index contributed by atoms with van der Waals surface area (Å²) in [5.74, 6) is -0.322. The smallest absolute Gasteiger partial charge is 0.271 e. The molecule has 6 nitrogen and oxygen atoms in total. The molecule has 2 aliphatic rings. The Balaban J connectivity index is 1.91. The molecule has 1 unspecified atom stereocenters. The van der Waals surface area contributed by atoms with E-state index >= 15 is 0 Å². The zero-order valence-electron chi connectivity index (χ0n) is 16.5. The molecular weight excluding hydrogens is 368 g/mol. The average Bonchev–Trinajstić information content (AvgIpc) is 2.68. The first kappa shape index (κ1) is 19.1. The molecule has 6 heteroatoms. The minimum Gasteiger partial charge on any atom is -0.294 e. The van der Waals surface area contributed by atoms with E-state index in [2.05, 4.69) is 0 Å². The first-order valence-electron chi connectivity index (χ1n) is 9.78. The van der Waals surface area contributed by atoms with Crippen LogP contribution in [0.15, 0.2) is 53.7 Å². The fourth-order valence-corrected chi connectivity index (χ4v) is 4.47. The molecule has 0 N–H and O–H groups in total. The Labute approximate surface area is 169 Å². The van der Waals surface area contributed by atoms with Crippen LogP contribution in [0.1, 0.15) is 48.3 Å². The molecule has 0 saturated heterocycles. The molecule has 1 aliphatic heterocycles. The summed E-state index contributed by atoms with van der Waals surface area (Å²) < 4.78 is 0. The van der Waals surface area contributed by atoms with Crippen LogP contribution >= 0.6 is 0 Å². The fourth-order valence-electron chi connectivity index (χ4n) is 4.47. The van der Waals surface area contributed by atoms with Crippen molar-refractivity contribution >= 4 is 23.1 Å². The minimum atomic E-state index is -0.463. The second-order valence-corrected chi connectivity index (χ2v) is 7.71. The largest absolute Gasteiger partial charge is 0.294 e. The third kappa shape index (κ3) is 3.24. The highest BCUT2D eigenvalue weighted by Crippen LogP contribution is 2.45. The molecule has 1 aliphatic carbocycles. The van der Waals surface area contributed by atoms with Crippen molar-refractivity contribution in [1.82, 2.24) is 0 Å². The number of ketones is 1. The zero-order valence-corrected chi connectivity index (χ0v) is 16.5. The zero-order chi connectivity index (χ0) is 20.7. The Bertz CT molecular complexity index is 1070. The van der Waals surface area contributed by atoms with Gasteiger partial charge in [-0.2, -0.15) is 0 Å². The highest BCUT2D eigenvalue weighted by Gasteiger charge is 2.40. The van der Waals surface area contributed by atoms with Gasteiger partial charge in [0.05, 0.1) is 10.6 Å². The Morgan fingerprint density at radius 1 is 1.03 bits per heavy atom. The Kier molecular flexibility index (Phi) is 4.78. The van der Waals surface area contributed by atoms with Crippen molar-refractivity contribution in [3.05, 3.63) is 80.5 Å². The van der Waals surface area contributed by atoms with E-state index in [-0.39, 0.29) is 29.7 Å². The number of allylic oxidation sites excluding steroid dienone is 2. The first-order valence-corrected chi connectivity index (χ1v) is 9.78. The van der Waals surface area contributed by atoms with Gasteiger partial charge in [0.25, 0.3) is 5.69 Å². The van der Waals surface area contributed by atoms with Gasteiger partial charge in [0, 0.05) is 42.2 Å². The topological polar surface area (TPSA) is 80.5 Å². The van der Waals surface area contributed by atoms with E-state index in [9.17, 15) is 19.7 Å². The molecular formula is C23H22N2O4. The lowest BCUT2D eigenvalue weighted by Crippen LogP contribution is -2.41. The number of rotatable bonds is 3. The number of benzene rings is 2. The van der Waals surface area contributed by atoms with E-state index in [1.54, 1.807) is 11.0 Å². The summed E-state index contributed by atoms with van der Waals surface area (Å²) in [6.45, 7) is 3.81. The quantitative estimate of drug-likeness (QED) is 0.560. The van der Waals surface area contributed by atoms with Crippen molar-refractivity contribution < 1.29 is 14.5 Å². The van der Waals surface area contributed by atoms with Crippen LogP contribution in [-0.2, 0) is 9.59 Å². The van der Waals surface area contributed by atoms with Gasteiger partial charge >= 0.3 is 0 Å². The molecule has 1 amide bonds. The van der Waals surface area contributed by atoms with Crippen molar-refractivity contribution in [2.75, 3.05) is 4.90 Å². The van der Waals surface area contributed by atoms with E-state index in [0.29, 0.717) is 36.2 Å². The molecule has 4 rings (SSSR count). The van der Waals surface area contributed by atoms with E-state index in [1.165, 1.54) is 12.1 Å². The number of amides is 1. The van der Waals surface area contributed by atoms with Crippen LogP contribution in [0.5, 0.6) is 0 Å². The molecule has 2 aromatic carbocycles. The number of nitro groups is 1. The number of nitro benzene ring substituents is 1. The summed E-state index contributed by atoms with van der Waals surface area (Å²) in [6, 6.07) is 12.4. The third-order valence-electron chi connectivity index (χ3n) is 5.88. The van der Waals surface area contributed by atoms with Gasteiger partial charge in [0.15, 0.2) is 5.78 Å². The Hall–Kier alpha value is -3.28. The van der Waals surface area contributed by atoms with Gasteiger partial charge in [-0.3, -0.25) is 24.6 Å². The van der Waals surface area contributed by atoms with Crippen LogP contribution in [0.2, 0.25) is 0 Å². The number of hydrogen-bond acceptors (Lipinski definition) is 4. The second kappa shape index (κ2) is 7.28. The van der Waals surface area contributed by atoms with Crippen molar-refractivity contribution in [2.24, 2.45) is 0 Å². The van der Waals surface area contributed by atoms with Gasteiger partial charge in [0.1, 0.15) is 0 Å². The standard InChI is InChI=1S/C23H22N2O4/c1-14-6-3-4-7-17(14)18-13-22(27)24(19-8-5-9-21(26)23(18)19)20-12-16(25(28)29)11-10-15(20)2/h3-4,6-7,10-12,18H,5,8-9,13H2,1-2H3. The summed E-state index contributed by atoms with van der Waals surface area (Å²) in [4.78, 5) is 38.6. The lowest BCUT2D eigenvalue weighted by Gasteiger charge is -2.39. The van der Waals surface area contributed by atoms with E-state index in [4.69, 9.17) is 0 Å². The maximum Gasteiger partial charge on any atom is 0.271 e. The van der Waals surface area contributed by atoms with Crippen LogP contribution < -0.4 is 4.90 Å². The number of aryl methyl sites for hydroxylation is 2. The Morgan fingerprint density at radius 2 is 1.79 bits per heavy atom. The number of nitrogens with zero attached hydrogens (tertiary/aromatic N) is 2. The van der Waals surface area contributed by atoms with Gasteiger partial charge in [-0.1, -0.05) is 30.3 Å². The number of carbonyl (C=O) groups is 2. The van der Waals surface area contributed by atoms with Gasteiger partial charge in [0.2, 0.25) is 5.91 Å². The molecule has 29 heavy (non-hydrogen) atoms.